The average Bonchev–Trinajstić information content (AvgIpc) is 3.01. The summed E-state index contributed by atoms with van der Waals surface area (Å²) in [5.41, 5.74) is 7.26. The first-order chi connectivity index (χ1) is 13.4. The van der Waals surface area contributed by atoms with E-state index >= 15 is 0 Å². The molecule has 0 unspecified atom stereocenters. The van der Waals surface area contributed by atoms with Crippen molar-refractivity contribution in [3.63, 3.8) is 0 Å². The highest BCUT2D eigenvalue weighted by Crippen LogP contribution is 2.28. The summed E-state index contributed by atoms with van der Waals surface area (Å²) in [5, 5.41) is 10.6. The number of halogens is 1. The Labute approximate surface area is 162 Å². The number of aliphatic hydroxyl groups is 1. The van der Waals surface area contributed by atoms with Crippen LogP contribution in [-0.2, 0) is 7.05 Å². The van der Waals surface area contributed by atoms with Gasteiger partial charge in [0.25, 0.3) is 0 Å². The van der Waals surface area contributed by atoms with E-state index in [1.54, 1.807) is 24.6 Å². The zero-order chi connectivity index (χ0) is 19.9. The molecule has 0 bridgehead atoms. The van der Waals surface area contributed by atoms with E-state index < -0.39 is 5.60 Å². The average molecular weight is 379 g/mol. The summed E-state index contributed by atoms with van der Waals surface area (Å²) in [5.74, 6) is 6.50. The van der Waals surface area contributed by atoms with Crippen LogP contribution in [0, 0.1) is 24.6 Å². The van der Waals surface area contributed by atoms with E-state index in [2.05, 4.69) is 26.8 Å². The zero-order valence-electron chi connectivity index (χ0n) is 16.0. The molecule has 0 aliphatic heterocycles. The Hall–Kier alpha value is -2.98. The summed E-state index contributed by atoms with van der Waals surface area (Å²) in [6, 6.07) is 4.96. The van der Waals surface area contributed by atoms with Gasteiger partial charge in [0.1, 0.15) is 17.2 Å². The van der Waals surface area contributed by atoms with Gasteiger partial charge in [-0.1, -0.05) is 24.5 Å². The van der Waals surface area contributed by atoms with Crippen LogP contribution in [0.15, 0.2) is 18.2 Å². The third-order valence-electron chi connectivity index (χ3n) is 5.26. The molecule has 144 valence electrons. The van der Waals surface area contributed by atoms with Gasteiger partial charge in [0, 0.05) is 12.6 Å². The number of fused-ring (bicyclic) bond motifs is 1. The molecule has 2 aromatic heterocycles. The summed E-state index contributed by atoms with van der Waals surface area (Å²) in [6.45, 7) is 1.71. The molecule has 6 nitrogen and oxygen atoms in total. The number of nitrogen functional groups attached to an aromatic ring is 1. The third kappa shape index (κ3) is 3.32. The van der Waals surface area contributed by atoms with Crippen molar-refractivity contribution in [1.29, 1.82) is 0 Å². The molecule has 0 saturated heterocycles. The number of hydrogen-bond donors (Lipinski definition) is 2. The van der Waals surface area contributed by atoms with Crippen molar-refractivity contribution >= 4 is 17.0 Å². The van der Waals surface area contributed by atoms with Crippen LogP contribution in [0.2, 0.25) is 0 Å². The lowest BCUT2D eigenvalue weighted by Gasteiger charge is -2.26. The lowest BCUT2D eigenvalue weighted by molar-refractivity contribution is 0.0610. The van der Waals surface area contributed by atoms with Crippen LogP contribution < -0.4 is 5.73 Å². The van der Waals surface area contributed by atoms with Crippen LogP contribution in [0.25, 0.3) is 22.6 Å². The van der Waals surface area contributed by atoms with Crippen molar-refractivity contribution in [2.75, 3.05) is 5.73 Å². The summed E-state index contributed by atoms with van der Waals surface area (Å²) in [7, 11) is 1.79. The van der Waals surface area contributed by atoms with Crippen molar-refractivity contribution in [3.8, 4) is 23.2 Å². The normalized spacial score (nSPS) is 16.0. The van der Waals surface area contributed by atoms with Crippen molar-refractivity contribution in [1.82, 2.24) is 19.5 Å². The molecule has 0 atom stereocenters. The fourth-order valence-corrected chi connectivity index (χ4v) is 3.56. The number of aromatic nitrogens is 4. The largest absolute Gasteiger partial charge is 0.382 e. The Balaban J connectivity index is 1.77. The number of rotatable bonds is 1. The molecule has 4 rings (SSSR count). The first-order valence-electron chi connectivity index (χ1n) is 9.38. The third-order valence-corrected chi connectivity index (χ3v) is 5.26. The lowest BCUT2D eigenvalue weighted by atomic mass is 9.85. The van der Waals surface area contributed by atoms with E-state index in [0.717, 1.165) is 19.3 Å². The summed E-state index contributed by atoms with van der Waals surface area (Å²) in [4.78, 5) is 13.2. The van der Waals surface area contributed by atoms with Crippen LogP contribution in [0.5, 0.6) is 0 Å². The summed E-state index contributed by atoms with van der Waals surface area (Å²) in [6.07, 6.45) is 4.37. The highest BCUT2D eigenvalue weighted by molar-refractivity contribution is 5.85. The van der Waals surface area contributed by atoms with Gasteiger partial charge in [0.05, 0.1) is 0 Å². The van der Waals surface area contributed by atoms with Gasteiger partial charge >= 0.3 is 0 Å². The van der Waals surface area contributed by atoms with E-state index in [9.17, 15) is 9.50 Å². The maximum absolute atomic E-state index is 14.0. The molecule has 1 aliphatic carbocycles. The number of hydrogen-bond acceptors (Lipinski definition) is 5. The molecular weight excluding hydrogens is 357 g/mol. The molecule has 3 N–H and O–H groups in total. The van der Waals surface area contributed by atoms with Crippen molar-refractivity contribution in [2.45, 2.75) is 44.6 Å². The van der Waals surface area contributed by atoms with E-state index in [0.29, 0.717) is 41.0 Å². The van der Waals surface area contributed by atoms with Crippen LogP contribution >= 0.6 is 0 Å². The fraction of sp³-hybridized carbons (Fsp3) is 0.381. The van der Waals surface area contributed by atoms with Crippen LogP contribution in [0.4, 0.5) is 10.2 Å². The molecule has 3 aromatic rings. The monoisotopic (exact) mass is 379 g/mol. The first-order valence-corrected chi connectivity index (χ1v) is 9.38. The minimum absolute atomic E-state index is 0.208. The number of benzene rings is 1. The minimum atomic E-state index is -0.984. The molecule has 28 heavy (non-hydrogen) atoms. The Morgan fingerprint density at radius 2 is 1.93 bits per heavy atom. The van der Waals surface area contributed by atoms with Gasteiger partial charge in [0.2, 0.25) is 5.82 Å². The first kappa shape index (κ1) is 18.4. The quantitative estimate of drug-likeness (QED) is 0.634. The molecular formula is C21H22FN5O. The van der Waals surface area contributed by atoms with Gasteiger partial charge < -0.3 is 15.4 Å². The Kier molecular flexibility index (Phi) is 4.52. The second kappa shape index (κ2) is 6.88. The maximum atomic E-state index is 14.0. The molecule has 0 spiro atoms. The second-order valence-electron chi connectivity index (χ2n) is 7.41. The highest BCUT2D eigenvalue weighted by Gasteiger charge is 2.26. The second-order valence-corrected chi connectivity index (χ2v) is 7.41. The Morgan fingerprint density at radius 3 is 2.64 bits per heavy atom. The number of anilines is 1. The molecule has 1 fully saturated rings. The van der Waals surface area contributed by atoms with E-state index in [4.69, 9.17) is 5.73 Å². The summed E-state index contributed by atoms with van der Waals surface area (Å²) >= 11 is 0. The van der Waals surface area contributed by atoms with Crippen molar-refractivity contribution < 1.29 is 9.50 Å². The molecule has 1 aliphatic rings. The predicted octanol–water partition coefficient (Wildman–Crippen LogP) is 3.11. The SMILES string of the molecule is Cc1ccc(-c2nc3c(N)nc(C#CC4(O)CCCCC4)nc3n2C)cc1F. The molecule has 0 amide bonds. The van der Waals surface area contributed by atoms with Crippen molar-refractivity contribution in [2.24, 2.45) is 7.05 Å². The standard InChI is InChI=1S/C21H22FN5O/c1-13-6-7-14(12-15(13)22)19-26-17-18(23)24-16(25-20(17)27(19)2)8-11-21(28)9-4-3-5-10-21/h6-7,12,28H,3-5,9-10H2,1-2H3,(H2,23,24,25). The number of nitrogens with zero attached hydrogens (tertiary/aromatic N) is 4. The maximum Gasteiger partial charge on any atom is 0.209 e. The Bertz CT molecular complexity index is 1120. The molecule has 2 heterocycles. The predicted molar refractivity (Wildman–Crippen MR) is 106 cm³/mol. The van der Waals surface area contributed by atoms with Gasteiger partial charge in [-0.05, 0) is 50.2 Å². The minimum Gasteiger partial charge on any atom is -0.382 e. The van der Waals surface area contributed by atoms with Gasteiger partial charge in [-0.15, -0.1) is 0 Å². The molecule has 1 aromatic carbocycles. The fourth-order valence-electron chi connectivity index (χ4n) is 3.56. The summed E-state index contributed by atoms with van der Waals surface area (Å²) < 4.78 is 15.7. The molecule has 0 radical (unpaired) electrons. The Morgan fingerprint density at radius 1 is 1.18 bits per heavy atom. The van der Waals surface area contributed by atoms with Crippen LogP contribution in [0.3, 0.4) is 0 Å². The van der Waals surface area contributed by atoms with E-state index in [1.807, 2.05) is 6.07 Å². The van der Waals surface area contributed by atoms with Crippen molar-refractivity contribution in [3.05, 3.63) is 35.4 Å². The smallest absolute Gasteiger partial charge is 0.209 e. The van der Waals surface area contributed by atoms with Gasteiger partial charge in [-0.2, -0.15) is 0 Å². The lowest BCUT2D eigenvalue weighted by Crippen LogP contribution is -2.29. The highest BCUT2D eigenvalue weighted by atomic mass is 19.1. The number of imidazole rings is 1. The topological polar surface area (TPSA) is 89.8 Å². The molecule has 7 heteroatoms. The van der Waals surface area contributed by atoms with Crippen LogP contribution in [0.1, 0.15) is 43.5 Å². The number of aryl methyl sites for hydroxylation is 2. The van der Waals surface area contributed by atoms with E-state index in [1.165, 1.54) is 6.07 Å². The van der Waals surface area contributed by atoms with Gasteiger partial charge in [-0.25, -0.2) is 19.3 Å². The van der Waals surface area contributed by atoms with Crippen LogP contribution in [-0.4, -0.2) is 30.2 Å². The number of nitrogens with two attached hydrogens (primary N) is 1. The van der Waals surface area contributed by atoms with Gasteiger partial charge in [-0.3, -0.25) is 0 Å². The zero-order valence-corrected chi connectivity index (χ0v) is 16.0. The van der Waals surface area contributed by atoms with E-state index in [-0.39, 0.29) is 17.5 Å². The van der Waals surface area contributed by atoms with Gasteiger partial charge in [0.15, 0.2) is 17.0 Å². The molecule has 1 saturated carbocycles.